The number of thiophene rings is 1. The zero-order chi connectivity index (χ0) is 29.1. The van der Waals surface area contributed by atoms with Crippen molar-refractivity contribution in [3.63, 3.8) is 0 Å². The van der Waals surface area contributed by atoms with Crippen molar-refractivity contribution in [1.82, 2.24) is 9.55 Å². The monoisotopic (exact) mass is 593 g/mol. The van der Waals surface area contributed by atoms with Gasteiger partial charge in [-0.05, 0) is 30.2 Å². The minimum absolute atomic E-state index is 0.0304. The van der Waals surface area contributed by atoms with E-state index in [2.05, 4.69) is 10.3 Å². The van der Waals surface area contributed by atoms with Gasteiger partial charge in [0.25, 0.3) is 11.5 Å². The smallest absolute Gasteiger partial charge is 0.321 e. The minimum atomic E-state index is -4.66. The van der Waals surface area contributed by atoms with Gasteiger partial charge in [0.05, 0.1) is 33.8 Å². The Morgan fingerprint density at radius 3 is 2.27 bits per heavy atom. The second kappa shape index (κ2) is 11.7. The van der Waals surface area contributed by atoms with Crippen LogP contribution in [-0.4, -0.2) is 27.0 Å². The predicted molar refractivity (Wildman–Crippen MR) is 155 cm³/mol. The van der Waals surface area contributed by atoms with Crippen molar-refractivity contribution in [2.24, 2.45) is 0 Å². The Labute approximate surface area is 240 Å². The van der Waals surface area contributed by atoms with Crippen LogP contribution in [0.25, 0.3) is 10.2 Å². The highest BCUT2D eigenvalue weighted by Gasteiger charge is 2.34. The first kappa shape index (κ1) is 28.3. The number of aromatic nitrogens is 2. The number of nitrogens with one attached hydrogen (secondary N) is 1. The fraction of sp³-hybridized carbons (Fsp3) is 0.133. The summed E-state index contributed by atoms with van der Waals surface area (Å²) in [5, 5.41) is 2.85. The molecule has 0 atom stereocenters. The van der Waals surface area contributed by atoms with E-state index in [0.717, 1.165) is 34.7 Å². The van der Waals surface area contributed by atoms with Gasteiger partial charge < -0.3 is 5.32 Å². The molecular weight excluding hydrogens is 571 g/mol. The highest BCUT2D eigenvalue weighted by Crippen LogP contribution is 2.36. The Morgan fingerprint density at radius 2 is 1.59 bits per heavy atom. The molecule has 5 aromatic rings. The van der Waals surface area contributed by atoms with Gasteiger partial charge in [-0.2, -0.15) is 13.2 Å². The van der Waals surface area contributed by atoms with E-state index in [4.69, 9.17) is 0 Å². The van der Waals surface area contributed by atoms with Gasteiger partial charge in [-0.25, -0.2) is 4.98 Å². The number of ketones is 1. The van der Waals surface area contributed by atoms with E-state index in [1.54, 1.807) is 31.2 Å². The van der Waals surface area contributed by atoms with Gasteiger partial charge in [0, 0.05) is 5.56 Å². The van der Waals surface area contributed by atoms with Gasteiger partial charge in [0.2, 0.25) is 0 Å². The molecule has 0 fully saturated rings. The summed E-state index contributed by atoms with van der Waals surface area (Å²) in [7, 11) is 0. The maximum atomic E-state index is 13.8. The van der Waals surface area contributed by atoms with Gasteiger partial charge in [-0.15, -0.1) is 11.3 Å². The average Bonchev–Trinajstić information content (AvgIpc) is 3.30. The summed E-state index contributed by atoms with van der Waals surface area (Å²) in [6.07, 6.45) is -4.66. The molecule has 0 saturated carbocycles. The molecule has 0 bridgehead atoms. The summed E-state index contributed by atoms with van der Waals surface area (Å²) in [5.41, 5.74) is -0.0749. The first-order valence-electron chi connectivity index (χ1n) is 12.4. The van der Waals surface area contributed by atoms with Crippen LogP contribution in [0.4, 0.5) is 18.9 Å². The maximum Gasteiger partial charge on any atom is 0.418 e. The number of aryl methyl sites for hydroxylation is 1. The van der Waals surface area contributed by atoms with E-state index in [-0.39, 0.29) is 38.9 Å². The molecule has 0 saturated heterocycles. The van der Waals surface area contributed by atoms with Crippen LogP contribution in [0.2, 0.25) is 0 Å². The summed E-state index contributed by atoms with van der Waals surface area (Å²) < 4.78 is 41.9. The van der Waals surface area contributed by atoms with Gasteiger partial charge in [-0.1, -0.05) is 84.6 Å². The molecule has 2 heterocycles. The van der Waals surface area contributed by atoms with Crippen LogP contribution in [0.5, 0.6) is 0 Å². The highest BCUT2D eigenvalue weighted by atomic mass is 32.2. The summed E-state index contributed by atoms with van der Waals surface area (Å²) in [4.78, 5) is 44.8. The second-order valence-corrected chi connectivity index (χ2v) is 11.0. The number of alkyl halides is 3. The fourth-order valence-corrected chi connectivity index (χ4v) is 6.30. The molecule has 1 amide bonds. The van der Waals surface area contributed by atoms with Gasteiger partial charge in [0.1, 0.15) is 4.83 Å². The first-order valence-corrected chi connectivity index (χ1v) is 14.2. The zero-order valence-corrected chi connectivity index (χ0v) is 23.2. The van der Waals surface area contributed by atoms with Crippen molar-refractivity contribution in [2.45, 2.75) is 24.8 Å². The number of fused-ring (bicyclic) bond motifs is 1. The molecule has 3 aromatic carbocycles. The quantitative estimate of drug-likeness (QED) is 0.118. The molecule has 208 valence electrons. The lowest BCUT2D eigenvalue weighted by Gasteiger charge is -2.13. The third kappa shape index (κ3) is 6.10. The Balaban J connectivity index is 1.54. The molecule has 2 aromatic heterocycles. The number of rotatable bonds is 8. The Bertz CT molecular complexity index is 1800. The summed E-state index contributed by atoms with van der Waals surface area (Å²) in [5.74, 6) is -0.880. The molecule has 41 heavy (non-hydrogen) atoms. The number of hydrogen-bond acceptors (Lipinski definition) is 6. The van der Waals surface area contributed by atoms with Gasteiger partial charge in [-0.3, -0.25) is 19.0 Å². The van der Waals surface area contributed by atoms with Crippen molar-refractivity contribution >= 4 is 50.7 Å². The van der Waals surface area contributed by atoms with Crippen LogP contribution in [0.3, 0.4) is 0 Å². The van der Waals surface area contributed by atoms with Crippen LogP contribution in [0, 0.1) is 6.92 Å². The molecule has 0 aliphatic carbocycles. The van der Waals surface area contributed by atoms with E-state index in [9.17, 15) is 27.6 Å². The Kier molecular flexibility index (Phi) is 8.09. The minimum Gasteiger partial charge on any atom is -0.321 e. The van der Waals surface area contributed by atoms with E-state index >= 15 is 0 Å². The number of hydrogen-bond donors (Lipinski definition) is 1. The number of Topliss-reactive ketones (excluding diaryl/α,β-unsaturated/α-hetero) is 1. The van der Waals surface area contributed by atoms with E-state index < -0.39 is 23.2 Å². The largest absolute Gasteiger partial charge is 0.418 e. The zero-order valence-electron chi connectivity index (χ0n) is 21.6. The normalized spacial score (nSPS) is 11.5. The fourth-order valence-electron chi connectivity index (χ4n) is 4.29. The molecule has 0 unspecified atom stereocenters. The molecule has 0 spiro atoms. The number of carbonyl (C=O) groups is 2. The number of nitrogens with zero attached hydrogens (tertiary/aromatic N) is 2. The molecule has 1 N–H and O–H groups in total. The second-order valence-electron chi connectivity index (χ2n) is 9.08. The lowest BCUT2D eigenvalue weighted by atomic mass is 10.1. The van der Waals surface area contributed by atoms with Gasteiger partial charge in [0.15, 0.2) is 10.9 Å². The summed E-state index contributed by atoms with van der Waals surface area (Å²) >= 11 is 2.04. The average molecular weight is 594 g/mol. The highest BCUT2D eigenvalue weighted by molar-refractivity contribution is 7.99. The Hall–Kier alpha value is -4.22. The SMILES string of the molecule is Cc1c(C(=O)Nc2ccccc2C(F)(F)F)sc2nc(SCC(=O)c3ccccc3)n(Cc3ccccc3)c(=O)c12. The third-order valence-corrected chi connectivity index (χ3v) is 8.47. The van der Waals surface area contributed by atoms with E-state index in [0.29, 0.717) is 16.3 Å². The predicted octanol–water partition coefficient (Wildman–Crippen LogP) is 7.06. The van der Waals surface area contributed by atoms with Crippen LogP contribution in [0.1, 0.15) is 36.7 Å². The summed E-state index contributed by atoms with van der Waals surface area (Å²) in [6.45, 7) is 1.76. The molecule has 0 radical (unpaired) electrons. The number of thioether (sulfide) groups is 1. The van der Waals surface area contributed by atoms with Crippen molar-refractivity contribution in [3.8, 4) is 0 Å². The van der Waals surface area contributed by atoms with E-state index in [1.807, 2.05) is 36.4 Å². The molecule has 0 aliphatic rings. The number of halogens is 3. The standard InChI is InChI=1S/C30H22F3N3O3S2/c1-18-24-27(41-25(18)26(38)34-22-15-9-8-14-21(22)30(31,32)33)35-29(40-17-23(37)20-12-6-3-7-13-20)36(28(24)39)16-19-10-4-2-5-11-19/h2-15H,16-17H2,1H3,(H,34,38). The third-order valence-electron chi connectivity index (χ3n) is 6.31. The molecular formula is C30H22F3N3O3S2. The van der Waals surface area contributed by atoms with E-state index in [1.165, 1.54) is 22.8 Å². The Morgan fingerprint density at radius 1 is 0.951 bits per heavy atom. The lowest BCUT2D eigenvalue weighted by Crippen LogP contribution is -2.24. The van der Waals surface area contributed by atoms with Crippen molar-refractivity contribution < 1.29 is 22.8 Å². The number of para-hydroxylation sites is 1. The number of anilines is 1. The van der Waals surface area contributed by atoms with Gasteiger partial charge >= 0.3 is 6.18 Å². The molecule has 0 aliphatic heterocycles. The number of amides is 1. The van der Waals surface area contributed by atoms with Crippen LogP contribution in [-0.2, 0) is 12.7 Å². The lowest BCUT2D eigenvalue weighted by molar-refractivity contribution is -0.136. The van der Waals surface area contributed by atoms with Crippen LogP contribution in [0.15, 0.2) is 94.9 Å². The molecule has 6 nitrogen and oxygen atoms in total. The topological polar surface area (TPSA) is 81.1 Å². The number of carbonyl (C=O) groups excluding carboxylic acids is 2. The summed E-state index contributed by atoms with van der Waals surface area (Å²) in [6, 6.07) is 22.7. The van der Waals surface area contributed by atoms with Crippen LogP contribution >= 0.6 is 23.1 Å². The molecule has 11 heteroatoms. The van der Waals surface area contributed by atoms with Crippen molar-refractivity contribution in [2.75, 3.05) is 11.1 Å². The maximum absolute atomic E-state index is 13.8. The molecule has 5 rings (SSSR count). The first-order chi connectivity index (χ1) is 19.6. The van der Waals surface area contributed by atoms with Crippen molar-refractivity contribution in [3.05, 3.63) is 122 Å². The number of benzene rings is 3. The van der Waals surface area contributed by atoms with Crippen molar-refractivity contribution in [1.29, 1.82) is 0 Å². The van der Waals surface area contributed by atoms with Crippen LogP contribution < -0.4 is 10.9 Å².